The molecule has 33 heavy (non-hydrogen) atoms. The Hall–Kier alpha value is -3.39. The lowest BCUT2D eigenvalue weighted by molar-refractivity contribution is -0.395. The van der Waals surface area contributed by atoms with E-state index < -0.39 is 36.1 Å². The second-order valence-corrected chi connectivity index (χ2v) is 9.87. The highest BCUT2D eigenvalue weighted by Gasteiger charge is 2.33. The first-order valence-electron chi connectivity index (χ1n) is 10.5. The smallest absolute Gasteiger partial charge is 0.280 e. The number of hydrogen-bond acceptors (Lipinski definition) is 10. The first kappa shape index (κ1) is 22.8. The first-order chi connectivity index (χ1) is 15.7. The molecule has 14 heteroatoms. The van der Waals surface area contributed by atoms with Gasteiger partial charge in [-0.05, 0) is 31.9 Å². The topological polar surface area (TPSA) is 156 Å². The quantitative estimate of drug-likeness (QED) is 0.443. The Morgan fingerprint density at radius 3 is 1.70 bits per heavy atom. The van der Waals surface area contributed by atoms with Gasteiger partial charge >= 0.3 is 0 Å². The molecule has 3 heterocycles. The molecule has 0 spiro atoms. The molecule has 1 aromatic carbocycles. The molecule has 2 aliphatic heterocycles. The summed E-state index contributed by atoms with van der Waals surface area (Å²) in [6.07, 6.45) is 2.26. The molecule has 1 aromatic heterocycles. The van der Waals surface area contributed by atoms with Gasteiger partial charge in [0.1, 0.15) is 5.56 Å². The fraction of sp³-hybridized carbons (Fsp3) is 0.474. The molecule has 0 saturated carbocycles. The summed E-state index contributed by atoms with van der Waals surface area (Å²) in [6.45, 7) is 4.03. The van der Waals surface area contributed by atoms with E-state index in [1.807, 2.05) is 17.0 Å². The summed E-state index contributed by atoms with van der Waals surface area (Å²) in [4.78, 5) is 24.6. The number of piperazine rings is 1. The number of anilines is 2. The summed E-state index contributed by atoms with van der Waals surface area (Å²) in [7, 11) is -4.16. The molecule has 2 fully saturated rings. The molecular weight excluding hydrogens is 454 g/mol. The minimum absolute atomic E-state index is 0.105. The summed E-state index contributed by atoms with van der Waals surface area (Å²) < 4.78 is 27.4. The van der Waals surface area contributed by atoms with E-state index in [0.29, 0.717) is 18.9 Å². The molecule has 4 rings (SSSR count). The average molecular weight is 478 g/mol. The molecular formula is C19H23N7O6S. The number of hydrogen-bond donors (Lipinski definition) is 0. The fourth-order valence-corrected chi connectivity index (χ4v) is 5.56. The largest absolute Gasteiger partial charge is 0.355 e. The van der Waals surface area contributed by atoms with E-state index in [0.717, 1.165) is 43.9 Å². The zero-order valence-electron chi connectivity index (χ0n) is 18.0. The van der Waals surface area contributed by atoms with E-state index in [4.69, 9.17) is 0 Å². The van der Waals surface area contributed by atoms with Crippen LogP contribution in [0.3, 0.4) is 0 Å². The Morgan fingerprint density at radius 1 is 0.818 bits per heavy atom. The predicted octanol–water partition coefficient (Wildman–Crippen LogP) is 1.71. The molecule has 2 aromatic rings. The van der Waals surface area contributed by atoms with Crippen molar-refractivity contribution in [2.45, 2.75) is 24.7 Å². The SMILES string of the molecule is Cc1c([N+](=O)[O-])cc(S(=O)(=O)N2CCN(c3ccc(N4CCCC4)nn3)CC2)cc1[N+](=O)[O-]. The van der Waals surface area contributed by atoms with E-state index in [1.165, 1.54) is 11.2 Å². The van der Waals surface area contributed by atoms with Crippen LogP contribution >= 0.6 is 0 Å². The molecule has 2 aliphatic rings. The van der Waals surface area contributed by atoms with Gasteiger partial charge in [0.05, 0.1) is 14.7 Å². The lowest BCUT2D eigenvalue weighted by Crippen LogP contribution is -2.49. The Bertz CT molecular complexity index is 1140. The fourth-order valence-electron chi connectivity index (χ4n) is 4.10. The van der Waals surface area contributed by atoms with Crippen molar-refractivity contribution in [1.29, 1.82) is 0 Å². The first-order valence-corrected chi connectivity index (χ1v) is 11.9. The third kappa shape index (κ3) is 4.43. The van der Waals surface area contributed by atoms with Gasteiger partial charge < -0.3 is 9.80 Å². The van der Waals surface area contributed by atoms with Crippen molar-refractivity contribution in [1.82, 2.24) is 14.5 Å². The van der Waals surface area contributed by atoms with Crippen molar-refractivity contribution in [3.63, 3.8) is 0 Å². The van der Waals surface area contributed by atoms with Crippen LogP contribution in [0.1, 0.15) is 18.4 Å². The number of nitro groups is 2. The molecule has 13 nitrogen and oxygen atoms in total. The molecule has 0 bridgehead atoms. The zero-order chi connectivity index (χ0) is 23.8. The van der Waals surface area contributed by atoms with E-state index in [2.05, 4.69) is 15.1 Å². The third-order valence-electron chi connectivity index (χ3n) is 5.99. The maximum Gasteiger partial charge on any atom is 0.280 e. The maximum absolute atomic E-state index is 13.1. The van der Waals surface area contributed by atoms with E-state index >= 15 is 0 Å². The van der Waals surface area contributed by atoms with Gasteiger partial charge in [-0.2, -0.15) is 4.31 Å². The minimum atomic E-state index is -4.16. The molecule has 2 saturated heterocycles. The predicted molar refractivity (Wildman–Crippen MR) is 119 cm³/mol. The van der Waals surface area contributed by atoms with Crippen LogP contribution < -0.4 is 9.80 Å². The van der Waals surface area contributed by atoms with Crippen molar-refractivity contribution in [3.05, 3.63) is 50.1 Å². The van der Waals surface area contributed by atoms with Gasteiger partial charge in [0.15, 0.2) is 11.6 Å². The lowest BCUT2D eigenvalue weighted by Gasteiger charge is -2.34. The summed E-state index contributed by atoms with van der Waals surface area (Å²) in [6, 6.07) is 5.53. The van der Waals surface area contributed by atoms with Crippen LogP contribution in [0.2, 0.25) is 0 Å². The van der Waals surface area contributed by atoms with E-state index in [1.54, 1.807) is 0 Å². The highest BCUT2D eigenvalue weighted by atomic mass is 32.2. The number of rotatable bonds is 6. The Labute approximate surface area is 190 Å². The van der Waals surface area contributed by atoms with Crippen molar-refractivity contribution in [2.75, 3.05) is 49.1 Å². The van der Waals surface area contributed by atoms with Gasteiger partial charge in [0.25, 0.3) is 11.4 Å². The molecule has 176 valence electrons. The van der Waals surface area contributed by atoms with Crippen LogP contribution in [0.15, 0.2) is 29.2 Å². The van der Waals surface area contributed by atoms with Gasteiger partial charge in [0.2, 0.25) is 10.0 Å². The highest BCUT2D eigenvalue weighted by molar-refractivity contribution is 7.89. The van der Waals surface area contributed by atoms with Gasteiger partial charge in [-0.1, -0.05) is 0 Å². The number of nitrogens with zero attached hydrogens (tertiary/aromatic N) is 7. The summed E-state index contributed by atoms with van der Waals surface area (Å²) >= 11 is 0. The summed E-state index contributed by atoms with van der Waals surface area (Å²) in [5, 5.41) is 31.2. The Kier molecular flexibility index (Phi) is 6.12. The van der Waals surface area contributed by atoms with Crippen LogP contribution in [-0.4, -0.2) is 72.0 Å². The van der Waals surface area contributed by atoms with Crippen molar-refractivity contribution in [3.8, 4) is 0 Å². The van der Waals surface area contributed by atoms with E-state index in [9.17, 15) is 28.6 Å². The van der Waals surface area contributed by atoms with E-state index in [-0.39, 0.29) is 18.7 Å². The number of sulfonamides is 1. The van der Waals surface area contributed by atoms with Crippen molar-refractivity contribution in [2.24, 2.45) is 0 Å². The van der Waals surface area contributed by atoms with Crippen molar-refractivity contribution < 1.29 is 18.3 Å². The highest BCUT2D eigenvalue weighted by Crippen LogP contribution is 2.33. The van der Waals surface area contributed by atoms with Crippen LogP contribution in [0.5, 0.6) is 0 Å². The molecule has 0 unspecified atom stereocenters. The standard InChI is InChI=1S/C19H23N7O6S/c1-14-16(25(27)28)12-15(13-17(14)26(29)30)33(31,32)24-10-8-23(9-11-24)19-5-4-18(20-21-19)22-6-2-3-7-22/h4-5,12-13H,2-3,6-11H2,1H3. The number of nitro benzene ring substituents is 2. The van der Waals surface area contributed by atoms with Crippen LogP contribution in [0.4, 0.5) is 23.0 Å². The molecule has 0 amide bonds. The van der Waals surface area contributed by atoms with Gasteiger partial charge in [-0.25, -0.2) is 8.42 Å². The summed E-state index contributed by atoms with van der Waals surface area (Å²) in [5.74, 6) is 1.46. The molecule has 0 radical (unpaired) electrons. The van der Waals surface area contributed by atoms with Gasteiger partial charge in [-0.3, -0.25) is 20.2 Å². The Balaban J connectivity index is 1.50. The maximum atomic E-state index is 13.1. The zero-order valence-corrected chi connectivity index (χ0v) is 18.8. The van der Waals surface area contributed by atoms with Crippen LogP contribution in [0.25, 0.3) is 0 Å². The lowest BCUT2D eigenvalue weighted by atomic mass is 10.1. The second kappa shape index (κ2) is 8.86. The van der Waals surface area contributed by atoms with Crippen molar-refractivity contribution >= 4 is 33.0 Å². The molecule has 0 N–H and O–H groups in total. The normalized spacial score (nSPS) is 17.4. The Morgan fingerprint density at radius 2 is 1.27 bits per heavy atom. The monoisotopic (exact) mass is 477 g/mol. The minimum Gasteiger partial charge on any atom is -0.355 e. The molecule has 0 atom stereocenters. The average Bonchev–Trinajstić information content (AvgIpc) is 3.34. The number of aromatic nitrogens is 2. The van der Waals surface area contributed by atoms with Gasteiger partial charge in [-0.15, -0.1) is 10.2 Å². The molecule has 0 aliphatic carbocycles. The summed E-state index contributed by atoms with van der Waals surface area (Å²) in [5.41, 5.74) is -1.39. The number of benzene rings is 1. The third-order valence-corrected chi connectivity index (χ3v) is 7.86. The second-order valence-electron chi connectivity index (χ2n) is 7.94. The van der Waals surface area contributed by atoms with Crippen LogP contribution in [-0.2, 0) is 10.0 Å². The van der Waals surface area contributed by atoms with Gasteiger partial charge in [0, 0.05) is 51.4 Å². The van der Waals surface area contributed by atoms with Crippen LogP contribution in [0, 0.1) is 27.2 Å².